The highest BCUT2D eigenvalue weighted by Gasteiger charge is 2.17. The van der Waals surface area contributed by atoms with E-state index in [0.717, 1.165) is 17.7 Å². The molecule has 2 aromatic rings. The number of hydrogen-bond acceptors (Lipinski definition) is 3. The molecule has 0 saturated heterocycles. The van der Waals surface area contributed by atoms with Crippen LogP contribution >= 0.6 is 0 Å². The zero-order valence-electron chi connectivity index (χ0n) is 17.3. The van der Waals surface area contributed by atoms with Crippen LogP contribution in [0.1, 0.15) is 43.4 Å². The van der Waals surface area contributed by atoms with E-state index in [1.54, 1.807) is 11.8 Å². The summed E-state index contributed by atoms with van der Waals surface area (Å²) < 4.78 is 34.4. The van der Waals surface area contributed by atoms with E-state index in [4.69, 9.17) is 9.84 Å². The van der Waals surface area contributed by atoms with Crippen molar-refractivity contribution in [3.05, 3.63) is 64.7 Å². The fraction of sp³-hybridized carbons (Fsp3) is 0.435. The summed E-state index contributed by atoms with van der Waals surface area (Å²) in [5, 5.41) is 9.04. The van der Waals surface area contributed by atoms with Crippen molar-refractivity contribution in [1.82, 2.24) is 4.90 Å². The van der Waals surface area contributed by atoms with E-state index in [0.29, 0.717) is 24.6 Å². The Morgan fingerprint density at radius 2 is 1.97 bits per heavy atom. The summed E-state index contributed by atoms with van der Waals surface area (Å²) in [4.78, 5) is 12.8. The van der Waals surface area contributed by atoms with Crippen molar-refractivity contribution in [1.29, 1.82) is 0 Å². The van der Waals surface area contributed by atoms with Crippen LogP contribution in [0.5, 0.6) is 5.75 Å². The van der Waals surface area contributed by atoms with Gasteiger partial charge in [-0.2, -0.15) is 0 Å². The molecule has 0 radical (unpaired) electrons. The lowest BCUT2D eigenvalue weighted by molar-refractivity contribution is -0.137. The molecule has 2 aromatic carbocycles. The molecule has 0 bridgehead atoms. The maximum atomic E-state index is 14.4. The Bertz CT molecular complexity index is 826. The standard InChI is InChI=1S/C23H29F2NO3/c1-4-16(2)15-29-19-7-5-6-18(12-19)13-26(11-10-22(27)28)14-20-21(24)9-8-17(3)23(20)25/h5-9,12,16H,4,10-11,13-15H2,1-3H3,(H,27,28). The Kier molecular flexibility index (Phi) is 8.58. The number of aliphatic carboxylic acids is 1. The molecule has 0 aliphatic rings. The molecular formula is C23H29F2NO3. The minimum absolute atomic E-state index is 0.00935. The minimum atomic E-state index is -0.953. The first-order chi connectivity index (χ1) is 13.8. The fourth-order valence-corrected chi connectivity index (χ4v) is 2.90. The van der Waals surface area contributed by atoms with Crippen LogP contribution in [0, 0.1) is 24.5 Å². The molecule has 1 atom stereocenters. The van der Waals surface area contributed by atoms with Gasteiger partial charge in [-0.1, -0.05) is 38.5 Å². The second kappa shape index (κ2) is 10.9. The zero-order valence-corrected chi connectivity index (χ0v) is 17.3. The summed E-state index contributed by atoms with van der Waals surface area (Å²) in [5.41, 5.74) is 1.21. The van der Waals surface area contributed by atoms with Crippen molar-refractivity contribution in [3.63, 3.8) is 0 Å². The number of rotatable bonds is 11. The second-order valence-corrected chi connectivity index (χ2v) is 7.48. The topological polar surface area (TPSA) is 49.8 Å². The fourth-order valence-electron chi connectivity index (χ4n) is 2.90. The van der Waals surface area contributed by atoms with Gasteiger partial charge in [0.25, 0.3) is 0 Å². The van der Waals surface area contributed by atoms with E-state index in [9.17, 15) is 13.6 Å². The molecule has 2 rings (SSSR count). The molecule has 0 aromatic heterocycles. The smallest absolute Gasteiger partial charge is 0.304 e. The lowest BCUT2D eigenvalue weighted by Crippen LogP contribution is -2.27. The van der Waals surface area contributed by atoms with E-state index >= 15 is 0 Å². The number of hydrogen-bond donors (Lipinski definition) is 1. The van der Waals surface area contributed by atoms with Gasteiger partial charge in [0.15, 0.2) is 0 Å². The molecule has 0 spiro atoms. The van der Waals surface area contributed by atoms with Crippen LogP contribution in [0.4, 0.5) is 8.78 Å². The first-order valence-electron chi connectivity index (χ1n) is 9.89. The number of carboxylic acids is 1. The minimum Gasteiger partial charge on any atom is -0.493 e. The number of carbonyl (C=O) groups is 1. The van der Waals surface area contributed by atoms with Gasteiger partial charge in [0.05, 0.1) is 13.0 Å². The van der Waals surface area contributed by atoms with Crippen LogP contribution in [-0.4, -0.2) is 29.1 Å². The molecule has 0 fully saturated rings. The van der Waals surface area contributed by atoms with Crippen LogP contribution in [0.3, 0.4) is 0 Å². The van der Waals surface area contributed by atoms with Crippen LogP contribution in [0.15, 0.2) is 36.4 Å². The Hall–Kier alpha value is -2.47. The molecule has 29 heavy (non-hydrogen) atoms. The van der Waals surface area contributed by atoms with E-state index < -0.39 is 17.6 Å². The van der Waals surface area contributed by atoms with Crippen molar-refractivity contribution >= 4 is 5.97 Å². The van der Waals surface area contributed by atoms with Crippen molar-refractivity contribution in [2.75, 3.05) is 13.2 Å². The third-order valence-electron chi connectivity index (χ3n) is 4.94. The molecule has 0 amide bonds. The molecule has 0 aliphatic carbocycles. The van der Waals surface area contributed by atoms with Gasteiger partial charge in [-0.3, -0.25) is 9.69 Å². The van der Waals surface area contributed by atoms with Crippen LogP contribution in [0.25, 0.3) is 0 Å². The average molecular weight is 405 g/mol. The van der Waals surface area contributed by atoms with Gasteiger partial charge in [-0.15, -0.1) is 0 Å². The number of nitrogens with zero attached hydrogens (tertiary/aromatic N) is 1. The lowest BCUT2D eigenvalue weighted by Gasteiger charge is -2.23. The highest BCUT2D eigenvalue weighted by Crippen LogP contribution is 2.21. The van der Waals surface area contributed by atoms with E-state index in [1.165, 1.54) is 12.1 Å². The van der Waals surface area contributed by atoms with E-state index in [2.05, 4.69) is 13.8 Å². The molecule has 6 heteroatoms. The Balaban J connectivity index is 2.17. The first-order valence-corrected chi connectivity index (χ1v) is 9.89. The van der Waals surface area contributed by atoms with Crippen LogP contribution in [-0.2, 0) is 17.9 Å². The van der Waals surface area contributed by atoms with Gasteiger partial charge in [0.1, 0.15) is 17.4 Å². The van der Waals surface area contributed by atoms with E-state index in [1.807, 2.05) is 24.3 Å². The van der Waals surface area contributed by atoms with Gasteiger partial charge in [-0.25, -0.2) is 8.78 Å². The third kappa shape index (κ3) is 7.13. The predicted octanol–water partition coefficient (Wildman–Crippen LogP) is 5.18. The first kappa shape index (κ1) is 22.8. The molecule has 4 nitrogen and oxygen atoms in total. The maximum Gasteiger partial charge on any atom is 0.304 e. The van der Waals surface area contributed by atoms with Gasteiger partial charge in [0.2, 0.25) is 0 Å². The Morgan fingerprint density at radius 3 is 2.66 bits per heavy atom. The monoisotopic (exact) mass is 405 g/mol. The molecular weight excluding hydrogens is 376 g/mol. The van der Waals surface area contributed by atoms with E-state index in [-0.39, 0.29) is 25.1 Å². The van der Waals surface area contributed by atoms with Gasteiger partial charge in [0, 0.05) is 25.2 Å². The molecule has 0 heterocycles. The SMILES string of the molecule is CCC(C)COc1cccc(CN(CCC(=O)O)Cc2c(F)ccc(C)c2F)c1. The van der Waals surface area contributed by atoms with Crippen LogP contribution in [0.2, 0.25) is 0 Å². The summed E-state index contributed by atoms with van der Waals surface area (Å²) in [6.07, 6.45) is 0.912. The number of ether oxygens (including phenoxy) is 1. The van der Waals surface area contributed by atoms with Crippen molar-refractivity contribution in [3.8, 4) is 5.75 Å². The number of aryl methyl sites for hydroxylation is 1. The normalized spacial score (nSPS) is 12.2. The Labute approximate surface area is 171 Å². The molecule has 0 aliphatic heterocycles. The molecule has 1 unspecified atom stereocenters. The highest BCUT2D eigenvalue weighted by atomic mass is 19.1. The van der Waals surface area contributed by atoms with Gasteiger partial charge < -0.3 is 9.84 Å². The predicted molar refractivity (Wildman–Crippen MR) is 109 cm³/mol. The van der Waals surface area contributed by atoms with Crippen molar-refractivity contribution in [2.45, 2.75) is 46.7 Å². The Morgan fingerprint density at radius 1 is 1.21 bits per heavy atom. The van der Waals surface area contributed by atoms with Crippen molar-refractivity contribution < 1.29 is 23.4 Å². The zero-order chi connectivity index (χ0) is 21.4. The molecule has 0 saturated carbocycles. The van der Waals surface area contributed by atoms with Gasteiger partial charge in [-0.05, 0) is 42.2 Å². The summed E-state index contributed by atoms with van der Waals surface area (Å²) in [7, 11) is 0. The van der Waals surface area contributed by atoms with Gasteiger partial charge >= 0.3 is 5.97 Å². The third-order valence-corrected chi connectivity index (χ3v) is 4.94. The quantitative estimate of drug-likeness (QED) is 0.560. The number of benzene rings is 2. The summed E-state index contributed by atoms with van der Waals surface area (Å²) in [5.74, 6) is -0.993. The van der Waals surface area contributed by atoms with Crippen molar-refractivity contribution in [2.24, 2.45) is 5.92 Å². The summed E-state index contributed by atoms with van der Waals surface area (Å²) in [6, 6.07) is 10.2. The summed E-state index contributed by atoms with van der Waals surface area (Å²) >= 11 is 0. The molecule has 158 valence electrons. The summed E-state index contributed by atoms with van der Waals surface area (Å²) in [6.45, 7) is 6.95. The number of carboxylic acid groups (broad SMARTS) is 1. The maximum absolute atomic E-state index is 14.4. The average Bonchev–Trinajstić information content (AvgIpc) is 2.70. The highest BCUT2D eigenvalue weighted by molar-refractivity contribution is 5.66. The second-order valence-electron chi connectivity index (χ2n) is 7.48. The lowest BCUT2D eigenvalue weighted by atomic mass is 10.1. The largest absolute Gasteiger partial charge is 0.493 e. The van der Waals surface area contributed by atoms with Crippen LogP contribution < -0.4 is 4.74 Å². The number of halogens is 2. The molecule has 1 N–H and O–H groups in total.